The lowest BCUT2D eigenvalue weighted by Gasteiger charge is -2.27. The second-order valence-electron chi connectivity index (χ2n) is 8.39. The molecule has 2 aliphatic heterocycles. The van der Waals surface area contributed by atoms with E-state index in [1.165, 1.54) is 18.5 Å². The number of nitrogens with zero attached hydrogens (tertiary/aromatic N) is 3. The number of nitrogens with one attached hydrogen (secondary N) is 4. The van der Waals surface area contributed by atoms with Crippen molar-refractivity contribution in [1.29, 1.82) is 0 Å². The highest BCUT2D eigenvalue weighted by atomic mass is 32.2. The monoisotopic (exact) mass is 434 g/mol. The molecule has 2 fully saturated rings. The van der Waals surface area contributed by atoms with Crippen molar-refractivity contribution in [3.63, 3.8) is 0 Å². The Kier molecular flexibility index (Phi) is 4.57. The van der Waals surface area contributed by atoms with E-state index < -0.39 is 0 Å². The first-order valence-electron chi connectivity index (χ1n) is 10.7. The first-order chi connectivity index (χ1) is 15.2. The van der Waals surface area contributed by atoms with E-state index in [0.717, 1.165) is 46.7 Å². The standard InChI is InChI=1S/C22H23N7OS/c30-22(24-16-5-6-16)15-3-7-17(8-4-15)31-28-12-20-23-9-10-29(20)21(13-28)25-19-11-18(26-27-19)14-1-2-14/h3-4,7-11,13-14,16H,1-2,5-6,12H2,(H,24,30)(H2,25,26,27)/p+1. The quantitative estimate of drug-likeness (QED) is 0.502. The van der Waals surface area contributed by atoms with Gasteiger partial charge in [-0.25, -0.2) is 9.89 Å². The molecule has 31 heavy (non-hydrogen) atoms. The van der Waals surface area contributed by atoms with Crippen LogP contribution in [0.4, 0.5) is 5.82 Å². The molecule has 1 aromatic carbocycles. The van der Waals surface area contributed by atoms with Crippen LogP contribution in [0.1, 0.15) is 47.7 Å². The number of amides is 1. The van der Waals surface area contributed by atoms with E-state index in [9.17, 15) is 4.79 Å². The fraction of sp³-hybridized carbons (Fsp3) is 0.318. The first-order valence-corrected chi connectivity index (χ1v) is 11.5. The van der Waals surface area contributed by atoms with E-state index in [4.69, 9.17) is 0 Å². The predicted octanol–water partition coefficient (Wildman–Crippen LogP) is 2.18. The molecule has 1 aromatic heterocycles. The third-order valence-corrected chi connectivity index (χ3v) is 6.73. The summed E-state index contributed by atoms with van der Waals surface area (Å²) in [6.45, 7) is 0.718. The van der Waals surface area contributed by atoms with Gasteiger partial charge >= 0.3 is 0 Å². The number of rotatable bonds is 7. The predicted molar refractivity (Wildman–Crippen MR) is 119 cm³/mol. The van der Waals surface area contributed by atoms with E-state index in [-0.39, 0.29) is 5.91 Å². The zero-order valence-corrected chi connectivity index (χ0v) is 17.8. The lowest BCUT2D eigenvalue weighted by atomic mass is 10.2. The molecule has 1 unspecified atom stereocenters. The molecule has 8 nitrogen and oxygen atoms in total. The average Bonchev–Trinajstić information content (AvgIpc) is 3.69. The zero-order valence-electron chi connectivity index (χ0n) is 17.0. The summed E-state index contributed by atoms with van der Waals surface area (Å²) in [6, 6.07) is 10.2. The summed E-state index contributed by atoms with van der Waals surface area (Å²) in [5, 5.41) is 14.1. The first kappa shape index (κ1) is 18.7. The lowest BCUT2D eigenvalue weighted by molar-refractivity contribution is -0.699. The van der Waals surface area contributed by atoms with Gasteiger partial charge in [0.25, 0.3) is 5.91 Å². The molecule has 1 atom stereocenters. The van der Waals surface area contributed by atoms with Gasteiger partial charge in [-0.3, -0.25) is 19.5 Å². The minimum atomic E-state index is 0.0126. The minimum Gasteiger partial charge on any atom is -0.349 e. The van der Waals surface area contributed by atoms with Gasteiger partial charge in [-0.05, 0) is 61.9 Å². The van der Waals surface area contributed by atoms with Crippen molar-refractivity contribution in [2.75, 3.05) is 11.9 Å². The van der Waals surface area contributed by atoms with Crippen LogP contribution < -0.4 is 15.5 Å². The SMILES string of the molecule is O=C(NC1CC1)c1ccc(SN2C=C(Nc3cc(C4CC4)[nH]n3)[NH+]3C=CN=C3C2)cc1. The number of benzene rings is 1. The topological polar surface area (TPSA) is 89.9 Å². The highest BCUT2D eigenvalue weighted by Crippen LogP contribution is 2.39. The van der Waals surface area contributed by atoms with E-state index in [1.807, 2.05) is 36.7 Å². The van der Waals surface area contributed by atoms with E-state index in [0.29, 0.717) is 17.5 Å². The lowest BCUT2D eigenvalue weighted by Crippen LogP contribution is -3.10. The fourth-order valence-electron chi connectivity index (χ4n) is 3.74. The Morgan fingerprint density at radius 2 is 2.03 bits per heavy atom. The Labute approximate surface area is 184 Å². The summed E-state index contributed by atoms with van der Waals surface area (Å²) in [7, 11) is 0. The van der Waals surface area contributed by atoms with Crippen LogP contribution in [0.25, 0.3) is 0 Å². The average molecular weight is 435 g/mol. The zero-order chi connectivity index (χ0) is 20.8. The van der Waals surface area contributed by atoms with Gasteiger partial charge in [0.05, 0.1) is 12.4 Å². The van der Waals surface area contributed by atoms with Crippen molar-refractivity contribution in [3.8, 4) is 0 Å². The molecular formula is C22H24N7OS+. The van der Waals surface area contributed by atoms with Gasteiger partial charge in [-0.1, -0.05) is 0 Å². The highest BCUT2D eigenvalue weighted by Gasteiger charge is 2.33. The number of hydrogen-bond donors (Lipinski definition) is 4. The number of amidine groups is 1. The number of carbonyl (C=O) groups is 1. The van der Waals surface area contributed by atoms with Crippen LogP contribution in [-0.4, -0.2) is 38.8 Å². The second kappa shape index (κ2) is 7.58. The molecule has 0 radical (unpaired) electrons. The number of hydrogen-bond acceptors (Lipinski definition) is 6. The van der Waals surface area contributed by atoms with Crippen molar-refractivity contribution >= 4 is 29.5 Å². The van der Waals surface area contributed by atoms with Gasteiger partial charge in [-0.2, -0.15) is 5.10 Å². The number of carbonyl (C=O) groups excluding carboxylic acids is 1. The maximum Gasteiger partial charge on any atom is 0.251 e. The van der Waals surface area contributed by atoms with Gasteiger partial charge < -0.3 is 5.32 Å². The number of aliphatic imine (C=N–C) groups is 1. The number of aromatic amines is 1. The molecule has 9 heteroatoms. The minimum absolute atomic E-state index is 0.0126. The number of aromatic nitrogens is 2. The van der Waals surface area contributed by atoms with Gasteiger partial charge in [0.15, 0.2) is 5.82 Å². The molecule has 4 aliphatic rings. The van der Waals surface area contributed by atoms with Gasteiger partial charge in [0.1, 0.15) is 12.7 Å². The fourth-order valence-corrected chi connectivity index (χ4v) is 4.62. The maximum atomic E-state index is 12.2. The van der Waals surface area contributed by atoms with Crippen molar-refractivity contribution < 1.29 is 9.69 Å². The largest absolute Gasteiger partial charge is 0.349 e. The third-order valence-electron chi connectivity index (χ3n) is 5.78. The van der Waals surface area contributed by atoms with E-state index in [2.05, 4.69) is 42.4 Å². The molecule has 1 amide bonds. The normalized spacial score (nSPS) is 22.1. The second-order valence-corrected chi connectivity index (χ2v) is 9.52. The van der Waals surface area contributed by atoms with E-state index in [1.54, 1.807) is 11.9 Å². The molecule has 2 aromatic rings. The van der Waals surface area contributed by atoms with Crippen molar-refractivity contribution in [2.45, 2.75) is 42.5 Å². The summed E-state index contributed by atoms with van der Waals surface area (Å²) in [5.41, 5.74) is 1.91. The third kappa shape index (κ3) is 4.11. The summed E-state index contributed by atoms with van der Waals surface area (Å²) in [5.74, 6) is 3.51. The molecule has 0 saturated heterocycles. The van der Waals surface area contributed by atoms with E-state index >= 15 is 0 Å². The van der Waals surface area contributed by atoms with Crippen LogP contribution >= 0.6 is 11.9 Å². The Hall–Kier alpha value is -3.04. The smallest absolute Gasteiger partial charge is 0.251 e. The number of H-pyrrole nitrogens is 1. The molecule has 158 valence electrons. The van der Waals surface area contributed by atoms with Crippen LogP contribution in [0.5, 0.6) is 0 Å². The van der Waals surface area contributed by atoms with Gasteiger partial charge in [-0.15, -0.1) is 0 Å². The molecular weight excluding hydrogens is 410 g/mol. The molecule has 0 spiro atoms. The molecule has 4 N–H and O–H groups in total. The molecule has 2 aliphatic carbocycles. The molecule has 3 heterocycles. The summed E-state index contributed by atoms with van der Waals surface area (Å²) in [6.07, 6.45) is 10.7. The van der Waals surface area contributed by atoms with Crippen LogP contribution in [0.15, 0.2) is 64.6 Å². The maximum absolute atomic E-state index is 12.2. The van der Waals surface area contributed by atoms with Crippen molar-refractivity contribution in [3.05, 3.63) is 66.0 Å². The Bertz CT molecular complexity index is 1100. The number of quaternary nitrogens is 1. The van der Waals surface area contributed by atoms with Crippen molar-refractivity contribution in [1.82, 2.24) is 19.8 Å². The Morgan fingerprint density at radius 3 is 2.81 bits per heavy atom. The van der Waals surface area contributed by atoms with Crippen LogP contribution in [0.2, 0.25) is 0 Å². The summed E-state index contributed by atoms with van der Waals surface area (Å²) < 4.78 is 2.16. The van der Waals surface area contributed by atoms with Gasteiger partial charge in [0.2, 0.25) is 11.7 Å². The number of fused-ring (bicyclic) bond motifs is 1. The van der Waals surface area contributed by atoms with Crippen LogP contribution in [-0.2, 0) is 0 Å². The summed E-state index contributed by atoms with van der Waals surface area (Å²) >= 11 is 1.63. The Morgan fingerprint density at radius 1 is 1.19 bits per heavy atom. The summed E-state index contributed by atoms with van der Waals surface area (Å²) in [4.78, 5) is 18.9. The molecule has 6 rings (SSSR count). The van der Waals surface area contributed by atoms with Crippen LogP contribution in [0, 0.1) is 0 Å². The number of anilines is 1. The Balaban J connectivity index is 1.16. The van der Waals surface area contributed by atoms with Crippen molar-refractivity contribution in [2.24, 2.45) is 4.99 Å². The molecule has 0 bridgehead atoms. The van der Waals surface area contributed by atoms with Gasteiger partial charge in [0, 0.05) is 34.2 Å². The molecule has 2 saturated carbocycles. The van der Waals surface area contributed by atoms with Crippen LogP contribution in [0.3, 0.4) is 0 Å². The highest BCUT2D eigenvalue weighted by molar-refractivity contribution is 7.97.